The molecular weight excluding hydrogens is 379 g/mol. The molecule has 1 saturated heterocycles. The van der Waals surface area contributed by atoms with Crippen molar-refractivity contribution in [3.8, 4) is 0 Å². The number of carbonyl (C=O) groups excluding carboxylic acids is 1. The van der Waals surface area contributed by atoms with Crippen LogP contribution < -0.4 is 5.32 Å². The third-order valence-electron chi connectivity index (χ3n) is 4.99. The van der Waals surface area contributed by atoms with Crippen molar-refractivity contribution < 1.29 is 13.9 Å². The number of nitrogens with one attached hydrogen (secondary N) is 1. The van der Waals surface area contributed by atoms with Crippen LogP contribution in [-0.2, 0) is 11.2 Å². The van der Waals surface area contributed by atoms with Gasteiger partial charge in [-0.3, -0.25) is 4.79 Å². The number of rotatable bonds is 4. The second-order valence-electron chi connectivity index (χ2n) is 7.00. The molecule has 0 saturated carbocycles. The topological polar surface area (TPSA) is 51.2 Å². The first-order valence-electron chi connectivity index (χ1n) is 9.31. The van der Waals surface area contributed by atoms with Gasteiger partial charge in [0.15, 0.2) is 0 Å². The molecule has 1 aromatic heterocycles. The molecule has 6 heteroatoms. The van der Waals surface area contributed by atoms with Gasteiger partial charge in [0.25, 0.3) is 5.91 Å². The van der Waals surface area contributed by atoms with Crippen molar-refractivity contribution in [1.29, 1.82) is 0 Å². The maximum absolute atomic E-state index is 15.1. The summed E-state index contributed by atoms with van der Waals surface area (Å²) < 4.78 is 20.5. The highest BCUT2D eigenvalue weighted by Crippen LogP contribution is 2.27. The number of ether oxygens (including phenoxy) is 1. The average Bonchev–Trinajstić information content (AvgIpc) is 2.72. The summed E-state index contributed by atoms with van der Waals surface area (Å²) in [5.74, 6) is -0.906. The van der Waals surface area contributed by atoms with E-state index >= 15 is 4.39 Å². The Morgan fingerprint density at radius 2 is 2.07 bits per heavy atom. The lowest BCUT2D eigenvalue weighted by molar-refractivity contribution is 0.0622. The number of nitrogens with zero attached hydrogens (tertiary/aromatic N) is 1. The van der Waals surface area contributed by atoms with Crippen LogP contribution in [0, 0.1) is 5.82 Å². The van der Waals surface area contributed by atoms with Crippen molar-refractivity contribution in [2.45, 2.75) is 25.3 Å². The lowest BCUT2D eigenvalue weighted by Gasteiger charge is -2.23. The molecule has 144 valence electrons. The lowest BCUT2D eigenvalue weighted by atomic mass is 9.95. The van der Waals surface area contributed by atoms with E-state index in [2.05, 4.69) is 10.3 Å². The minimum Gasteiger partial charge on any atom is -0.379 e. The molecule has 1 atom stereocenters. The van der Waals surface area contributed by atoms with Crippen LogP contribution in [0.1, 0.15) is 34.3 Å². The van der Waals surface area contributed by atoms with Gasteiger partial charge in [-0.15, -0.1) is 0 Å². The molecule has 0 spiro atoms. The number of fused-ring (bicyclic) bond motifs is 1. The molecule has 0 aliphatic carbocycles. The molecule has 2 aromatic carbocycles. The van der Waals surface area contributed by atoms with E-state index in [1.807, 2.05) is 18.2 Å². The number of hydrogen-bond donors (Lipinski definition) is 1. The number of halogens is 2. The minimum absolute atomic E-state index is 0.0567. The second-order valence-corrected chi connectivity index (χ2v) is 7.38. The van der Waals surface area contributed by atoms with Crippen LogP contribution in [0.4, 0.5) is 4.39 Å². The molecule has 1 N–H and O–H groups in total. The van der Waals surface area contributed by atoms with Crippen molar-refractivity contribution in [2.75, 3.05) is 13.2 Å². The standard InChI is InChI=1S/C22H20ClFN2O2/c23-20-8-7-14(12-25-20)10-15-11-19(21(24)18-6-2-1-5-17(15)18)22(27)26-16-4-3-9-28-13-16/h1-2,5-8,11-12,16H,3-4,9-10,13H2,(H,26,27)/t16-/m1/s1. The SMILES string of the molecule is O=C(N[C@@H]1CCCOC1)c1cc(Cc2ccc(Cl)nc2)c2ccccc2c1F. The van der Waals surface area contributed by atoms with Crippen molar-refractivity contribution >= 4 is 28.3 Å². The van der Waals surface area contributed by atoms with Crippen molar-refractivity contribution in [3.05, 3.63) is 76.3 Å². The molecule has 2 heterocycles. The Hall–Kier alpha value is -2.50. The van der Waals surface area contributed by atoms with Gasteiger partial charge >= 0.3 is 0 Å². The van der Waals surface area contributed by atoms with Gasteiger partial charge < -0.3 is 10.1 Å². The molecular formula is C22H20ClFN2O2. The van der Waals surface area contributed by atoms with Crippen LogP contribution in [-0.4, -0.2) is 30.1 Å². The van der Waals surface area contributed by atoms with Crippen LogP contribution in [0.15, 0.2) is 48.7 Å². The van der Waals surface area contributed by atoms with E-state index in [0.29, 0.717) is 30.2 Å². The third-order valence-corrected chi connectivity index (χ3v) is 5.21. The first-order valence-corrected chi connectivity index (χ1v) is 9.69. The molecule has 0 unspecified atom stereocenters. The second kappa shape index (κ2) is 8.25. The Bertz CT molecular complexity index is 1000. The van der Waals surface area contributed by atoms with Crippen LogP contribution in [0.25, 0.3) is 10.8 Å². The van der Waals surface area contributed by atoms with Gasteiger partial charge in [-0.25, -0.2) is 9.37 Å². The van der Waals surface area contributed by atoms with Gasteiger partial charge in [0.1, 0.15) is 11.0 Å². The van der Waals surface area contributed by atoms with E-state index in [9.17, 15) is 4.79 Å². The zero-order valence-electron chi connectivity index (χ0n) is 15.3. The van der Waals surface area contributed by atoms with E-state index in [4.69, 9.17) is 16.3 Å². The summed E-state index contributed by atoms with van der Waals surface area (Å²) in [6, 6.07) is 12.4. The molecule has 1 aliphatic heterocycles. The number of hydrogen-bond acceptors (Lipinski definition) is 3. The van der Waals surface area contributed by atoms with Crippen LogP contribution >= 0.6 is 11.6 Å². The van der Waals surface area contributed by atoms with Crippen LogP contribution in [0.3, 0.4) is 0 Å². The first kappa shape index (κ1) is 18.8. The van der Waals surface area contributed by atoms with Gasteiger partial charge in [0.05, 0.1) is 18.2 Å². The largest absolute Gasteiger partial charge is 0.379 e. The Morgan fingerprint density at radius 3 is 2.79 bits per heavy atom. The van der Waals surface area contributed by atoms with Crippen molar-refractivity contribution in [1.82, 2.24) is 10.3 Å². The Balaban J connectivity index is 1.71. The molecule has 0 bridgehead atoms. The van der Waals surface area contributed by atoms with Gasteiger partial charge in [-0.05, 0) is 47.9 Å². The van der Waals surface area contributed by atoms with E-state index in [1.165, 1.54) is 0 Å². The number of pyridine rings is 1. The molecule has 3 aromatic rings. The quantitative estimate of drug-likeness (QED) is 0.657. The van der Waals surface area contributed by atoms with E-state index in [0.717, 1.165) is 29.4 Å². The van der Waals surface area contributed by atoms with Crippen LogP contribution in [0.2, 0.25) is 5.15 Å². The summed E-state index contributed by atoms with van der Waals surface area (Å²) in [5, 5.41) is 4.55. The van der Waals surface area contributed by atoms with Crippen molar-refractivity contribution in [2.24, 2.45) is 0 Å². The predicted octanol–water partition coefficient (Wildman–Crippen LogP) is 4.53. The molecule has 1 amide bonds. The normalized spacial score (nSPS) is 16.9. The van der Waals surface area contributed by atoms with Gasteiger partial charge in [-0.1, -0.05) is 41.9 Å². The lowest BCUT2D eigenvalue weighted by Crippen LogP contribution is -2.41. The summed E-state index contributed by atoms with van der Waals surface area (Å²) in [7, 11) is 0. The fraction of sp³-hybridized carbons (Fsp3) is 0.273. The highest BCUT2D eigenvalue weighted by Gasteiger charge is 2.22. The molecule has 0 radical (unpaired) electrons. The summed E-state index contributed by atoms with van der Waals surface area (Å²) in [5.41, 5.74) is 1.86. The highest BCUT2D eigenvalue weighted by molar-refractivity contribution is 6.29. The zero-order valence-corrected chi connectivity index (χ0v) is 16.0. The smallest absolute Gasteiger partial charge is 0.254 e. The first-order chi connectivity index (χ1) is 13.6. The summed E-state index contributed by atoms with van der Waals surface area (Å²) in [6.07, 6.45) is 3.95. The third kappa shape index (κ3) is 4.01. The maximum Gasteiger partial charge on any atom is 0.254 e. The van der Waals surface area contributed by atoms with Crippen LogP contribution in [0.5, 0.6) is 0 Å². The summed E-state index contributed by atoms with van der Waals surface area (Å²) in [6.45, 7) is 1.17. The van der Waals surface area contributed by atoms with Gasteiger partial charge in [0.2, 0.25) is 0 Å². The Morgan fingerprint density at radius 1 is 1.25 bits per heavy atom. The summed E-state index contributed by atoms with van der Waals surface area (Å²) >= 11 is 5.87. The van der Waals surface area contributed by atoms with Gasteiger partial charge in [0, 0.05) is 18.2 Å². The number of amides is 1. The average molecular weight is 399 g/mol. The molecule has 4 nitrogen and oxygen atoms in total. The zero-order chi connectivity index (χ0) is 19.5. The highest BCUT2D eigenvalue weighted by atomic mass is 35.5. The Kier molecular flexibility index (Phi) is 5.55. The van der Waals surface area contributed by atoms with E-state index < -0.39 is 11.7 Å². The minimum atomic E-state index is -0.497. The fourth-order valence-electron chi connectivity index (χ4n) is 3.58. The van der Waals surface area contributed by atoms with E-state index in [-0.39, 0.29) is 11.6 Å². The number of aromatic nitrogens is 1. The van der Waals surface area contributed by atoms with Crippen molar-refractivity contribution in [3.63, 3.8) is 0 Å². The molecule has 28 heavy (non-hydrogen) atoms. The molecule has 1 fully saturated rings. The Labute approximate surface area is 167 Å². The monoisotopic (exact) mass is 398 g/mol. The molecule has 1 aliphatic rings. The number of carbonyl (C=O) groups is 1. The van der Waals surface area contributed by atoms with E-state index in [1.54, 1.807) is 30.5 Å². The van der Waals surface area contributed by atoms with Gasteiger partial charge in [-0.2, -0.15) is 0 Å². The predicted molar refractivity (Wildman–Crippen MR) is 107 cm³/mol. The maximum atomic E-state index is 15.1. The number of benzene rings is 2. The molecule has 4 rings (SSSR count). The summed E-state index contributed by atoms with van der Waals surface area (Å²) in [4.78, 5) is 16.9. The fourth-order valence-corrected chi connectivity index (χ4v) is 3.69.